The predicted octanol–water partition coefficient (Wildman–Crippen LogP) is 3.15. The van der Waals surface area contributed by atoms with E-state index in [0.29, 0.717) is 18.1 Å². The molecule has 1 aromatic carbocycles. The Morgan fingerprint density at radius 1 is 1.15 bits per heavy atom. The highest BCUT2D eigenvalue weighted by molar-refractivity contribution is 5.65. The number of rotatable bonds is 6. The standard InChI is InChI=1S/C8H10O3.C7H14O2/c1-10-7-4-3-6(9)5-8(7)11-2;1-3-4-5-6-9-7(2)8/h3-5,9H,1-2H3;3-6H2,1-2H3. The van der Waals surface area contributed by atoms with E-state index < -0.39 is 0 Å². The smallest absolute Gasteiger partial charge is 0.302 e. The molecular weight excluding hydrogens is 260 g/mol. The van der Waals surface area contributed by atoms with Gasteiger partial charge in [-0.2, -0.15) is 0 Å². The third-order valence-electron chi connectivity index (χ3n) is 2.42. The van der Waals surface area contributed by atoms with Crippen molar-refractivity contribution in [2.75, 3.05) is 20.8 Å². The fraction of sp³-hybridized carbons (Fsp3) is 0.533. The number of hydrogen-bond acceptors (Lipinski definition) is 5. The van der Waals surface area contributed by atoms with Crippen LogP contribution in [0.15, 0.2) is 18.2 Å². The first-order valence-electron chi connectivity index (χ1n) is 6.59. The molecule has 0 radical (unpaired) electrons. The summed E-state index contributed by atoms with van der Waals surface area (Å²) in [5.74, 6) is 1.14. The van der Waals surface area contributed by atoms with E-state index in [2.05, 4.69) is 6.92 Å². The van der Waals surface area contributed by atoms with Gasteiger partial charge in [0.2, 0.25) is 0 Å². The van der Waals surface area contributed by atoms with E-state index in [4.69, 9.17) is 19.3 Å². The summed E-state index contributed by atoms with van der Waals surface area (Å²) in [5, 5.41) is 9.03. The highest BCUT2D eigenvalue weighted by Gasteiger charge is 2.02. The molecule has 0 fully saturated rings. The van der Waals surface area contributed by atoms with Crippen LogP contribution in [0.25, 0.3) is 0 Å². The van der Waals surface area contributed by atoms with Gasteiger partial charge >= 0.3 is 5.97 Å². The molecule has 0 heterocycles. The third-order valence-corrected chi connectivity index (χ3v) is 2.42. The molecule has 5 heteroatoms. The maximum absolute atomic E-state index is 10.2. The van der Waals surface area contributed by atoms with Gasteiger partial charge in [-0.15, -0.1) is 0 Å². The average Bonchev–Trinajstić information content (AvgIpc) is 2.44. The van der Waals surface area contributed by atoms with E-state index >= 15 is 0 Å². The van der Waals surface area contributed by atoms with Crippen LogP contribution in [0.3, 0.4) is 0 Å². The Hall–Kier alpha value is -1.91. The van der Waals surface area contributed by atoms with Crippen LogP contribution < -0.4 is 9.47 Å². The summed E-state index contributed by atoms with van der Waals surface area (Å²) >= 11 is 0. The molecule has 0 spiro atoms. The molecule has 1 rings (SSSR count). The van der Waals surface area contributed by atoms with E-state index in [0.717, 1.165) is 12.8 Å². The molecule has 0 aromatic heterocycles. The van der Waals surface area contributed by atoms with Crippen molar-refractivity contribution < 1.29 is 24.1 Å². The number of carbonyl (C=O) groups excluding carboxylic acids is 1. The fourth-order valence-electron chi connectivity index (χ4n) is 1.39. The number of phenolic OH excluding ortho intramolecular Hbond substituents is 1. The lowest BCUT2D eigenvalue weighted by Crippen LogP contribution is -1.99. The summed E-state index contributed by atoms with van der Waals surface area (Å²) in [6.07, 6.45) is 3.31. The molecule has 0 unspecified atom stereocenters. The normalized spacial score (nSPS) is 9.20. The van der Waals surface area contributed by atoms with Gasteiger partial charge in [0.05, 0.1) is 20.8 Å². The number of phenols is 1. The average molecular weight is 284 g/mol. The van der Waals surface area contributed by atoms with Crippen LogP contribution in [0.1, 0.15) is 33.1 Å². The Kier molecular flexibility index (Phi) is 9.92. The summed E-state index contributed by atoms with van der Waals surface area (Å²) in [6, 6.07) is 4.69. The predicted molar refractivity (Wildman–Crippen MR) is 77.4 cm³/mol. The summed E-state index contributed by atoms with van der Waals surface area (Å²) in [5.41, 5.74) is 0. The zero-order valence-electron chi connectivity index (χ0n) is 12.6. The monoisotopic (exact) mass is 284 g/mol. The first-order valence-corrected chi connectivity index (χ1v) is 6.59. The van der Waals surface area contributed by atoms with Gasteiger partial charge < -0.3 is 19.3 Å². The molecule has 0 atom stereocenters. The second kappa shape index (κ2) is 11.0. The van der Waals surface area contributed by atoms with Gasteiger partial charge in [0.1, 0.15) is 5.75 Å². The van der Waals surface area contributed by atoms with Crippen LogP contribution >= 0.6 is 0 Å². The second-order valence-electron chi connectivity index (χ2n) is 4.09. The van der Waals surface area contributed by atoms with Crippen LogP contribution in [0.4, 0.5) is 0 Å². The van der Waals surface area contributed by atoms with Crippen molar-refractivity contribution in [3.05, 3.63) is 18.2 Å². The molecule has 0 amide bonds. The summed E-state index contributed by atoms with van der Waals surface area (Å²) in [6.45, 7) is 4.14. The van der Waals surface area contributed by atoms with Gasteiger partial charge in [0.15, 0.2) is 11.5 Å². The lowest BCUT2D eigenvalue weighted by atomic mass is 10.3. The van der Waals surface area contributed by atoms with Crippen molar-refractivity contribution in [2.24, 2.45) is 0 Å². The highest BCUT2D eigenvalue weighted by Crippen LogP contribution is 2.29. The van der Waals surface area contributed by atoms with Crippen molar-refractivity contribution >= 4 is 5.97 Å². The highest BCUT2D eigenvalue weighted by atomic mass is 16.5. The SMILES string of the molecule is CCCCCOC(C)=O.COc1ccc(O)cc1OC. The van der Waals surface area contributed by atoms with Crippen LogP contribution in [0.2, 0.25) is 0 Å². The van der Waals surface area contributed by atoms with Crippen LogP contribution in [0, 0.1) is 0 Å². The number of esters is 1. The maximum Gasteiger partial charge on any atom is 0.302 e. The Bertz CT molecular complexity index is 390. The number of carbonyl (C=O) groups is 1. The topological polar surface area (TPSA) is 65.0 Å². The maximum atomic E-state index is 10.2. The van der Waals surface area contributed by atoms with E-state index in [1.54, 1.807) is 19.2 Å². The van der Waals surface area contributed by atoms with Crippen LogP contribution in [0.5, 0.6) is 17.2 Å². The zero-order valence-corrected chi connectivity index (χ0v) is 12.6. The van der Waals surface area contributed by atoms with Crippen molar-refractivity contribution in [3.8, 4) is 17.2 Å². The number of hydrogen-bond donors (Lipinski definition) is 1. The lowest BCUT2D eigenvalue weighted by molar-refractivity contribution is -0.141. The minimum atomic E-state index is -0.175. The van der Waals surface area contributed by atoms with Crippen molar-refractivity contribution in [3.63, 3.8) is 0 Å². The molecule has 0 bridgehead atoms. The van der Waals surface area contributed by atoms with E-state index in [-0.39, 0.29) is 11.7 Å². The molecule has 0 saturated heterocycles. The molecule has 1 aromatic rings. The van der Waals surface area contributed by atoms with Gasteiger partial charge in [-0.1, -0.05) is 19.8 Å². The Morgan fingerprint density at radius 3 is 2.30 bits per heavy atom. The number of ether oxygens (including phenoxy) is 3. The van der Waals surface area contributed by atoms with Crippen molar-refractivity contribution in [1.82, 2.24) is 0 Å². The third kappa shape index (κ3) is 8.24. The van der Waals surface area contributed by atoms with Gasteiger partial charge in [0, 0.05) is 13.0 Å². The Balaban J connectivity index is 0.000000370. The van der Waals surface area contributed by atoms with Crippen molar-refractivity contribution in [2.45, 2.75) is 33.1 Å². The molecule has 0 aliphatic carbocycles. The number of aromatic hydroxyl groups is 1. The minimum Gasteiger partial charge on any atom is -0.508 e. The zero-order chi connectivity index (χ0) is 15.4. The van der Waals surface area contributed by atoms with Crippen molar-refractivity contribution in [1.29, 1.82) is 0 Å². The summed E-state index contributed by atoms with van der Waals surface area (Å²) in [7, 11) is 3.08. The molecule has 1 N–H and O–H groups in total. The molecule has 0 aliphatic rings. The van der Waals surface area contributed by atoms with Crippen LogP contribution in [-0.4, -0.2) is 31.9 Å². The molecule has 20 heavy (non-hydrogen) atoms. The first-order chi connectivity index (χ1) is 9.54. The molecule has 0 saturated carbocycles. The molecule has 0 aliphatic heterocycles. The van der Waals surface area contributed by atoms with E-state index in [1.165, 1.54) is 26.5 Å². The van der Waals surface area contributed by atoms with Gasteiger partial charge in [-0.05, 0) is 18.6 Å². The second-order valence-corrected chi connectivity index (χ2v) is 4.09. The number of benzene rings is 1. The van der Waals surface area contributed by atoms with Gasteiger partial charge in [-0.3, -0.25) is 4.79 Å². The van der Waals surface area contributed by atoms with E-state index in [9.17, 15) is 4.79 Å². The number of unbranched alkanes of at least 4 members (excludes halogenated alkanes) is 2. The first kappa shape index (κ1) is 18.1. The lowest BCUT2D eigenvalue weighted by Gasteiger charge is -2.06. The molecular formula is C15H24O5. The Morgan fingerprint density at radius 2 is 1.80 bits per heavy atom. The molecule has 114 valence electrons. The largest absolute Gasteiger partial charge is 0.508 e. The quantitative estimate of drug-likeness (QED) is 0.642. The van der Waals surface area contributed by atoms with Gasteiger partial charge in [0.25, 0.3) is 0 Å². The van der Waals surface area contributed by atoms with E-state index in [1.807, 2.05) is 0 Å². The molecule has 5 nitrogen and oxygen atoms in total. The van der Waals surface area contributed by atoms with Crippen LogP contribution in [-0.2, 0) is 9.53 Å². The summed E-state index contributed by atoms with van der Waals surface area (Å²) in [4.78, 5) is 10.2. The summed E-state index contributed by atoms with van der Waals surface area (Å²) < 4.78 is 14.6. The Labute approximate surface area is 120 Å². The number of methoxy groups -OCH3 is 2. The fourth-order valence-corrected chi connectivity index (χ4v) is 1.39. The van der Waals surface area contributed by atoms with Gasteiger partial charge in [-0.25, -0.2) is 0 Å². The minimum absolute atomic E-state index is 0.169.